The van der Waals surface area contributed by atoms with E-state index in [4.69, 9.17) is 5.11 Å². The predicted molar refractivity (Wildman–Crippen MR) is 53.7 cm³/mol. The molecule has 1 unspecified atom stereocenters. The van der Waals surface area contributed by atoms with Crippen LogP contribution < -0.4 is 0 Å². The van der Waals surface area contributed by atoms with Crippen molar-refractivity contribution in [2.75, 3.05) is 19.7 Å². The lowest BCUT2D eigenvalue weighted by Gasteiger charge is -2.26. The SMILES string of the molecule is CCCN(CCO)C(C)C(=O)CC. The van der Waals surface area contributed by atoms with Gasteiger partial charge in [-0.25, -0.2) is 0 Å². The van der Waals surface area contributed by atoms with Crippen molar-refractivity contribution in [3.05, 3.63) is 0 Å². The lowest BCUT2D eigenvalue weighted by atomic mass is 10.1. The molecule has 0 spiro atoms. The average molecular weight is 187 g/mol. The molecule has 0 aliphatic rings. The quantitative estimate of drug-likeness (QED) is 0.648. The second-order valence-electron chi connectivity index (χ2n) is 3.26. The largest absolute Gasteiger partial charge is 0.395 e. The second-order valence-corrected chi connectivity index (χ2v) is 3.26. The van der Waals surface area contributed by atoms with Crippen molar-refractivity contribution in [1.82, 2.24) is 4.90 Å². The molecule has 3 nitrogen and oxygen atoms in total. The van der Waals surface area contributed by atoms with Crippen molar-refractivity contribution in [1.29, 1.82) is 0 Å². The molecule has 13 heavy (non-hydrogen) atoms. The molecule has 0 amide bonds. The minimum atomic E-state index is -0.0444. The van der Waals surface area contributed by atoms with Crippen LogP contribution in [0.2, 0.25) is 0 Å². The minimum absolute atomic E-state index is 0.0444. The maximum absolute atomic E-state index is 11.4. The summed E-state index contributed by atoms with van der Waals surface area (Å²) in [6.45, 7) is 7.47. The zero-order valence-electron chi connectivity index (χ0n) is 8.92. The summed E-state index contributed by atoms with van der Waals surface area (Å²) in [6.07, 6.45) is 1.59. The van der Waals surface area contributed by atoms with Gasteiger partial charge in [-0.15, -0.1) is 0 Å². The third-order valence-electron chi connectivity index (χ3n) is 2.26. The molecule has 0 saturated carbocycles. The van der Waals surface area contributed by atoms with Gasteiger partial charge in [-0.2, -0.15) is 0 Å². The molecule has 0 rings (SSSR count). The topological polar surface area (TPSA) is 40.5 Å². The molecule has 0 aliphatic heterocycles. The summed E-state index contributed by atoms with van der Waals surface area (Å²) in [7, 11) is 0. The Balaban J connectivity index is 4.08. The third-order valence-corrected chi connectivity index (χ3v) is 2.26. The van der Waals surface area contributed by atoms with Crippen LogP contribution in [0.3, 0.4) is 0 Å². The Bertz CT molecular complexity index is 142. The highest BCUT2D eigenvalue weighted by Gasteiger charge is 2.17. The zero-order valence-corrected chi connectivity index (χ0v) is 8.92. The van der Waals surface area contributed by atoms with Gasteiger partial charge >= 0.3 is 0 Å². The highest BCUT2D eigenvalue weighted by Crippen LogP contribution is 2.03. The van der Waals surface area contributed by atoms with Crippen molar-refractivity contribution >= 4 is 5.78 Å². The van der Waals surface area contributed by atoms with Gasteiger partial charge < -0.3 is 5.11 Å². The summed E-state index contributed by atoms with van der Waals surface area (Å²) in [5, 5.41) is 8.81. The smallest absolute Gasteiger partial charge is 0.149 e. The normalized spacial score (nSPS) is 13.3. The van der Waals surface area contributed by atoms with Crippen molar-refractivity contribution in [2.45, 2.75) is 39.7 Å². The molecule has 1 N–H and O–H groups in total. The summed E-state index contributed by atoms with van der Waals surface area (Å²) in [5.74, 6) is 0.252. The molecular weight excluding hydrogens is 166 g/mol. The average Bonchev–Trinajstić information content (AvgIpc) is 2.15. The van der Waals surface area contributed by atoms with Crippen LogP contribution in [0.25, 0.3) is 0 Å². The predicted octanol–water partition coefficient (Wildman–Crippen LogP) is 1.06. The summed E-state index contributed by atoms with van der Waals surface area (Å²) in [4.78, 5) is 13.4. The number of hydrogen-bond acceptors (Lipinski definition) is 3. The summed E-state index contributed by atoms with van der Waals surface area (Å²) in [5.41, 5.74) is 0. The molecule has 0 aliphatic carbocycles. The number of carbonyl (C=O) groups is 1. The highest BCUT2D eigenvalue weighted by molar-refractivity contribution is 5.83. The second kappa shape index (κ2) is 7.04. The fraction of sp³-hybridized carbons (Fsp3) is 0.900. The van der Waals surface area contributed by atoms with E-state index in [1.807, 2.05) is 18.7 Å². The van der Waals surface area contributed by atoms with E-state index in [9.17, 15) is 4.79 Å². The molecule has 0 aromatic carbocycles. The molecule has 0 aromatic heterocycles. The monoisotopic (exact) mass is 187 g/mol. The minimum Gasteiger partial charge on any atom is -0.395 e. The molecule has 78 valence electrons. The van der Waals surface area contributed by atoms with Gasteiger partial charge in [0.05, 0.1) is 12.6 Å². The van der Waals surface area contributed by atoms with Crippen LogP contribution in [0.15, 0.2) is 0 Å². The number of hydrogen-bond donors (Lipinski definition) is 1. The Hall–Kier alpha value is -0.410. The van der Waals surface area contributed by atoms with E-state index >= 15 is 0 Å². The first-order valence-electron chi connectivity index (χ1n) is 5.04. The Kier molecular flexibility index (Phi) is 6.82. The molecule has 0 bridgehead atoms. The fourth-order valence-corrected chi connectivity index (χ4v) is 1.41. The van der Waals surface area contributed by atoms with Gasteiger partial charge in [-0.3, -0.25) is 9.69 Å². The number of carbonyl (C=O) groups excluding carboxylic acids is 1. The first-order valence-corrected chi connectivity index (χ1v) is 5.04. The number of Topliss-reactive ketones (excluding diaryl/α,β-unsaturated/α-hetero) is 1. The van der Waals surface area contributed by atoms with Crippen LogP contribution in [0.4, 0.5) is 0 Å². The van der Waals surface area contributed by atoms with Crippen LogP contribution in [0.1, 0.15) is 33.6 Å². The highest BCUT2D eigenvalue weighted by atomic mass is 16.3. The summed E-state index contributed by atoms with van der Waals surface area (Å²) >= 11 is 0. The van der Waals surface area contributed by atoms with E-state index in [-0.39, 0.29) is 18.4 Å². The summed E-state index contributed by atoms with van der Waals surface area (Å²) in [6, 6.07) is -0.0444. The van der Waals surface area contributed by atoms with Gasteiger partial charge in [0.1, 0.15) is 5.78 Å². The Labute approximate surface area is 80.7 Å². The molecule has 0 heterocycles. The lowest BCUT2D eigenvalue weighted by molar-refractivity contribution is -0.123. The number of ketones is 1. The van der Waals surface area contributed by atoms with Gasteiger partial charge in [-0.1, -0.05) is 13.8 Å². The van der Waals surface area contributed by atoms with E-state index in [0.29, 0.717) is 13.0 Å². The van der Waals surface area contributed by atoms with Crippen molar-refractivity contribution in [2.24, 2.45) is 0 Å². The van der Waals surface area contributed by atoms with Crippen LogP contribution in [0, 0.1) is 0 Å². The van der Waals surface area contributed by atoms with E-state index in [0.717, 1.165) is 13.0 Å². The van der Waals surface area contributed by atoms with E-state index in [1.165, 1.54) is 0 Å². The Morgan fingerprint density at radius 1 is 1.38 bits per heavy atom. The van der Waals surface area contributed by atoms with E-state index in [2.05, 4.69) is 6.92 Å². The molecular formula is C10H21NO2. The number of aliphatic hydroxyl groups excluding tert-OH is 1. The first kappa shape index (κ1) is 12.6. The van der Waals surface area contributed by atoms with Crippen molar-refractivity contribution in [3.63, 3.8) is 0 Å². The van der Waals surface area contributed by atoms with E-state index < -0.39 is 0 Å². The molecule has 0 fully saturated rings. The maximum Gasteiger partial charge on any atom is 0.149 e. The Morgan fingerprint density at radius 3 is 2.38 bits per heavy atom. The molecule has 3 heteroatoms. The first-order chi connectivity index (χ1) is 6.17. The van der Waals surface area contributed by atoms with Gasteiger partial charge in [0.2, 0.25) is 0 Å². The number of aliphatic hydroxyl groups is 1. The van der Waals surface area contributed by atoms with Gasteiger partial charge in [0.15, 0.2) is 0 Å². The number of nitrogens with zero attached hydrogens (tertiary/aromatic N) is 1. The van der Waals surface area contributed by atoms with Gasteiger partial charge in [-0.05, 0) is 19.9 Å². The van der Waals surface area contributed by atoms with Crippen molar-refractivity contribution < 1.29 is 9.90 Å². The summed E-state index contributed by atoms with van der Waals surface area (Å²) < 4.78 is 0. The van der Waals surface area contributed by atoms with Crippen LogP contribution >= 0.6 is 0 Å². The van der Waals surface area contributed by atoms with Gasteiger partial charge in [0.25, 0.3) is 0 Å². The van der Waals surface area contributed by atoms with E-state index in [1.54, 1.807) is 0 Å². The third kappa shape index (κ3) is 4.39. The fourth-order valence-electron chi connectivity index (χ4n) is 1.41. The van der Waals surface area contributed by atoms with Gasteiger partial charge in [0, 0.05) is 13.0 Å². The lowest BCUT2D eigenvalue weighted by Crippen LogP contribution is -2.40. The molecule has 0 radical (unpaired) electrons. The standard InChI is InChI=1S/C10H21NO2/c1-4-6-11(7-8-12)9(3)10(13)5-2/h9,12H,4-8H2,1-3H3. The zero-order chi connectivity index (χ0) is 10.3. The number of rotatable bonds is 7. The maximum atomic E-state index is 11.4. The Morgan fingerprint density at radius 2 is 2.00 bits per heavy atom. The molecule has 1 atom stereocenters. The molecule has 0 saturated heterocycles. The van der Waals surface area contributed by atoms with Crippen molar-refractivity contribution in [3.8, 4) is 0 Å². The van der Waals surface area contributed by atoms with Crippen LogP contribution in [-0.4, -0.2) is 41.5 Å². The van der Waals surface area contributed by atoms with Crippen LogP contribution in [-0.2, 0) is 4.79 Å². The van der Waals surface area contributed by atoms with Crippen LogP contribution in [0.5, 0.6) is 0 Å². The molecule has 0 aromatic rings.